The molecule has 2 saturated heterocycles. The van der Waals surface area contributed by atoms with Crippen molar-refractivity contribution in [3.63, 3.8) is 0 Å². The number of carbonyl (C=O) groups is 2. The predicted molar refractivity (Wildman–Crippen MR) is 129 cm³/mol. The van der Waals surface area contributed by atoms with Gasteiger partial charge in [-0.15, -0.1) is 0 Å². The Bertz CT molecular complexity index is 922. The van der Waals surface area contributed by atoms with E-state index < -0.39 is 0 Å². The van der Waals surface area contributed by atoms with Gasteiger partial charge in [0.15, 0.2) is 0 Å². The number of ether oxygens (including phenoxy) is 1. The molecule has 0 saturated carbocycles. The fraction of sp³-hybridized carbons (Fsp3) is 0.462. The van der Waals surface area contributed by atoms with Crippen LogP contribution in [-0.4, -0.2) is 85.5 Å². The zero-order valence-electron chi connectivity index (χ0n) is 19.4. The molecule has 0 aliphatic carbocycles. The maximum atomic E-state index is 13.5. The largest absolute Gasteiger partial charge is 0.378 e. The molecule has 4 rings (SSSR count). The van der Waals surface area contributed by atoms with Crippen molar-refractivity contribution in [1.82, 2.24) is 14.7 Å². The highest BCUT2D eigenvalue weighted by Gasteiger charge is 2.34. The average Bonchev–Trinajstić information content (AvgIpc) is 2.86. The molecule has 2 fully saturated rings. The van der Waals surface area contributed by atoms with Gasteiger partial charge in [-0.2, -0.15) is 0 Å². The minimum absolute atomic E-state index is 0.00773. The standard InChI is InChI=1S/C26H34N4O3/c1-2-21-8-6-7-11-23(21)27-24(31)20-28-12-14-29(15-13-28)25(22-9-4-3-5-10-22)26(32)30-16-18-33-19-17-30/h3-11,25H,2,12-20H2,1H3,(H,27,31)/t25-/m0/s1. The molecule has 2 aliphatic heterocycles. The van der Waals surface area contributed by atoms with Crippen LogP contribution in [0.15, 0.2) is 54.6 Å². The number of benzene rings is 2. The minimum atomic E-state index is -0.295. The van der Waals surface area contributed by atoms with Crippen molar-refractivity contribution in [1.29, 1.82) is 0 Å². The first-order valence-electron chi connectivity index (χ1n) is 11.9. The third-order valence-corrected chi connectivity index (χ3v) is 6.48. The molecule has 1 atom stereocenters. The fourth-order valence-electron chi connectivity index (χ4n) is 4.62. The third kappa shape index (κ3) is 5.99. The van der Waals surface area contributed by atoms with Gasteiger partial charge in [0.1, 0.15) is 6.04 Å². The van der Waals surface area contributed by atoms with Crippen LogP contribution in [0.3, 0.4) is 0 Å². The summed E-state index contributed by atoms with van der Waals surface area (Å²) in [5, 5.41) is 3.06. The molecule has 0 aromatic heterocycles. The topological polar surface area (TPSA) is 65.1 Å². The van der Waals surface area contributed by atoms with Gasteiger partial charge >= 0.3 is 0 Å². The van der Waals surface area contributed by atoms with E-state index in [4.69, 9.17) is 4.74 Å². The van der Waals surface area contributed by atoms with Crippen LogP contribution in [0.1, 0.15) is 24.1 Å². The van der Waals surface area contributed by atoms with E-state index in [1.807, 2.05) is 59.5 Å². The summed E-state index contributed by atoms with van der Waals surface area (Å²) in [6.07, 6.45) is 0.882. The highest BCUT2D eigenvalue weighted by molar-refractivity contribution is 5.93. The molecule has 7 nitrogen and oxygen atoms in total. The van der Waals surface area contributed by atoms with Gasteiger partial charge in [0.25, 0.3) is 0 Å². The molecule has 0 bridgehead atoms. The zero-order valence-corrected chi connectivity index (χ0v) is 19.4. The van der Waals surface area contributed by atoms with Gasteiger partial charge in [0.2, 0.25) is 11.8 Å². The first-order chi connectivity index (χ1) is 16.2. The molecule has 2 heterocycles. The van der Waals surface area contributed by atoms with E-state index >= 15 is 0 Å². The van der Waals surface area contributed by atoms with Crippen LogP contribution in [0.2, 0.25) is 0 Å². The average molecular weight is 451 g/mol. The summed E-state index contributed by atoms with van der Waals surface area (Å²) in [4.78, 5) is 32.5. The van der Waals surface area contributed by atoms with Crippen molar-refractivity contribution in [2.45, 2.75) is 19.4 Å². The van der Waals surface area contributed by atoms with E-state index in [1.54, 1.807) is 0 Å². The second kappa shape index (κ2) is 11.4. The van der Waals surface area contributed by atoms with Crippen molar-refractivity contribution in [2.24, 2.45) is 0 Å². The number of hydrogen-bond acceptors (Lipinski definition) is 5. The lowest BCUT2D eigenvalue weighted by molar-refractivity contribution is -0.142. The van der Waals surface area contributed by atoms with Crippen LogP contribution >= 0.6 is 0 Å². The van der Waals surface area contributed by atoms with E-state index in [-0.39, 0.29) is 17.9 Å². The van der Waals surface area contributed by atoms with Gasteiger partial charge in [-0.05, 0) is 23.6 Å². The second-order valence-electron chi connectivity index (χ2n) is 8.62. The number of carbonyl (C=O) groups excluding carboxylic acids is 2. The number of hydrogen-bond donors (Lipinski definition) is 1. The highest BCUT2D eigenvalue weighted by atomic mass is 16.5. The molecule has 1 N–H and O–H groups in total. The monoisotopic (exact) mass is 450 g/mol. The predicted octanol–water partition coefficient (Wildman–Crippen LogP) is 2.41. The number of morpholine rings is 1. The zero-order chi connectivity index (χ0) is 23.0. The maximum Gasteiger partial charge on any atom is 0.244 e. The molecule has 2 aromatic carbocycles. The van der Waals surface area contributed by atoms with E-state index in [0.717, 1.165) is 49.4 Å². The van der Waals surface area contributed by atoms with Crippen LogP contribution in [0.4, 0.5) is 5.69 Å². The van der Waals surface area contributed by atoms with Gasteiger partial charge in [0, 0.05) is 45.0 Å². The molecule has 2 amide bonds. The van der Waals surface area contributed by atoms with Crippen LogP contribution in [0.25, 0.3) is 0 Å². The third-order valence-electron chi connectivity index (χ3n) is 6.48. The van der Waals surface area contributed by atoms with Crippen LogP contribution in [0.5, 0.6) is 0 Å². The molecular formula is C26H34N4O3. The molecule has 7 heteroatoms. The lowest BCUT2D eigenvalue weighted by atomic mass is 10.0. The molecule has 176 valence electrons. The van der Waals surface area contributed by atoms with Crippen LogP contribution in [0, 0.1) is 0 Å². The molecular weight excluding hydrogens is 416 g/mol. The van der Waals surface area contributed by atoms with E-state index in [9.17, 15) is 9.59 Å². The van der Waals surface area contributed by atoms with Crippen molar-refractivity contribution in [3.8, 4) is 0 Å². The quantitative estimate of drug-likeness (QED) is 0.702. The lowest BCUT2D eigenvalue weighted by Crippen LogP contribution is -2.53. The van der Waals surface area contributed by atoms with Crippen LogP contribution < -0.4 is 5.32 Å². The number of nitrogens with one attached hydrogen (secondary N) is 1. The summed E-state index contributed by atoms with van der Waals surface area (Å²) in [6, 6.07) is 17.7. The Labute approximate surface area is 196 Å². The number of para-hydroxylation sites is 1. The molecule has 0 radical (unpaired) electrons. The minimum Gasteiger partial charge on any atom is -0.378 e. The summed E-state index contributed by atoms with van der Waals surface area (Å²) in [5.41, 5.74) is 3.06. The molecule has 0 spiro atoms. The van der Waals surface area contributed by atoms with Gasteiger partial charge < -0.3 is 15.0 Å². The normalized spacial score (nSPS) is 18.6. The number of anilines is 1. The van der Waals surface area contributed by atoms with E-state index in [1.165, 1.54) is 0 Å². The van der Waals surface area contributed by atoms with E-state index in [2.05, 4.69) is 22.0 Å². The molecule has 33 heavy (non-hydrogen) atoms. The fourth-order valence-corrected chi connectivity index (χ4v) is 4.62. The van der Waals surface area contributed by atoms with Gasteiger partial charge in [-0.1, -0.05) is 55.5 Å². The van der Waals surface area contributed by atoms with Gasteiger partial charge in [0.05, 0.1) is 19.8 Å². The Kier molecular flexibility index (Phi) is 8.10. The number of piperazine rings is 1. The summed E-state index contributed by atoms with van der Waals surface area (Å²) < 4.78 is 5.44. The van der Waals surface area contributed by atoms with Crippen molar-refractivity contribution in [3.05, 3.63) is 65.7 Å². The summed E-state index contributed by atoms with van der Waals surface area (Å²) in [5.74, 6) is 0.153. The van der Waals surface area contributed by atoms with Crippen molar-refractivity contribution in [2.75, 3.05) is 64.3 Å². The first-order valence-corrected chi connectivity index (χ1v) is 11.9. The Morgan fingerprint density at radius 2 is 1.58 bits per heavy atom. The van der Waals surface area contributed by atoms with Gasteiger partial charge in [-0.25, -0.2) is 0 Å². The van der Waals surface area contributed by atoms with Crippen molar-refractivity contribution >= 4 is 17.5 Å². The number of amides is 2. The first kappa shape index (κ1) is 23.4. The summed E-state index contributed by atoms with van der Waals surface area (Å²) in [7, 11) is 0. The number of nitrogens with zero attached hydrogens (tertiary/aromatic N) is 3. The summed E-state index contributed by atoms with van der Waals surface area (Å²) in [6.45, 7) is 7.91. The second-order valence-corrected chi connectivity index (χ2v) is 8.62. The highest BCUT2D eigenvalue weighted by Crippen LogP contribution is 2.25. The Balaban J connectivity index is 1.37. The number of rotatable bonds is 7. The molecule has 0 unspecified atom stereocenters. The van der Waals surface area contributed by atoms with Crippen molar-refractivity contribution < 1.29 is 14.3 Å². The lowest BCUT2D eigenvalue weighted by Gasteiger charge is -2.40. The SMILES string of the molecule is CCc1ccccc1NC(=O)CN1CCN([C@H](C(=O)N2CCOCC2)c2ccccc2)CC1. The van der Waals surface area contributed by atoms with Crippen LogP contribution in [-0.2, 0) is 20.7 Å². The maximum absolute atomic E-state index is 13.5. The van der Waals surface area contributed by atoms with Gasteiger partial charge in [-0.3, -0.25) is 19.4 Å². The Morgan fingerprint density at radius 1 is 0.909 bits per heavy atom. The Morgan fingerprint density at radius 3 is 2.27 bits per heavy atom. The molecule has 2 aromatic rings. The Hall–Kier alpha value is -2.74. The smallest absolute Gasteiger partial charge is 0.244 e. The summed E-state index contributed by atoms with van der Waals surface area (Å²) >= 11 is 0. The number of aryl methyl sites for hydroxylation is 1. The molecule has 2 aliphatic rings. The van der Waals surface area contributed by atoms with E-state index in [0.29, 0.717) is 32.8 Å².